The lowest BCUT2D eigenvalue weighted by molar-refractivity contribution is 0.341. The van der Waals surface area contributed by atoms with Gasteiger partial charge in [-0.25, -0.2) is 0 Å². The normalized spacial score (nSPS) is 10.4. The van der Waals surface area contributed by atoms with Crippen molar-refractivity contribution in [1.29, 1.82) is 0 Å². The van der Waals surface area contributed by atoms with E-state index in [4.69, 9.17) is 16.3 Å². The lowest BCUT2D eigenvalue weighted by atomic mass is 10.2. The minimum absolute atomic E-state index is 0.587. The Kier molecular flexibility index (Phi) is 3.72. The van der Waals surface area contributed by atoms with E-state index in [0.717, 1.165) is 11.3 Å². The molecule has 1 aromatic carbocycles. The van der Waals surface area contributed by atoms with Crippen LogP contribution in [-0.4, -0.2) is 35.9 Å². The van der Waals surface area contributed by atoms with Crippen LogP contribution in [0.5, 0.6) is 5.75 Å². The lowest BCUT2D eigenvalue weighted by Crippen LogP contribution is -2.10. The molecule has 1 heterocycles. The van der Waals surface area contributed by atoms with Gasteiger partial charge in [-0.1, -0.05) is 11.6 Å². The molecule has 0 aliphatic carbocycles. The maximum Gasteiger partial charge on any atom is 0.244 e. The number of rotatable bonds is 4. The van der Waals surface area contributed by atoms with Gasteiger partial charge in [-0.15, -0.1) is 5.10 Å². The van der Waals surface area contributed by atoms with Gasteiger partial charge in [0.05, 0.1) is 12.2 Å². The molecule has 0 aliphatic rings. The molecule has 1 aromatic heterocycles. The molecule has 0 spiro atoms. The molecule has 6 heteroatoms. The summed E-state index contributed by atoms with van der Waals surface area (Å²) in [6.07, 6.45) is 0. The van der Waals surface area contributed by atoms with Crippen LogP contribution in [0.15, 0.2) is 18.2 Å². The molecule has 0 fully saturated rings. The summed E-state index contributed by atoms with van der Waals surface area (Å²) in [6.45, 7) is 2.52. The van der Waals surface area contributed by atoms with Crippen molar-refractivity contribution in [2.45, 2.75) is 6.92 Å². The zero-order valence-corrected chi connectivity index (χ0v) is 11.3. The van der Waals surface area contributed by atoms with Gasteiger partial charge in [0.25, 0.3) is 0 Å². The van der Waals surface area contributed by atoms with E-state index in [1.807, 2.05) is 38.1 Å². The standard InChI is InChI=1S/C12H15ClN4O/c1-4-18-10-6-5-8(13)7-9(10)11-14-12(16-15-11)17(2)3/h5-7H,4H2,1-3H3,(H,14,15,16). The van der Waals surface area contributed by atoms with E-state index in [1.54, 1.807) is 6.07 Å². The second kappa shape index (κ2) is 5.27. The van der Waals surface area contributed by atoms with E-state index in [9.17, 15) is 0 Å². The first-order valence-electron chi connectivity index (χ1n) is 5.64. The summed E-state index contributed by atoms with van der Waals surface area (Å²) in [4.78, 5) is 6.21. The number of benzene rings is 1. The molecule has 0 saturated heterocycles. The van der Waals surface area contributed by atoms with Crippen molar-refractivity contribution in [1.82, 2.24) is 15.2 Å². The Balaban J connectivity index is 2.44. The van der Waals surface area contributed by atoms with Crippen molar-refractivity contribution in [2.75, 3.05) is 25.6 Å². The van der Waals surface area contributed by atoms with Crippen molar-refractivity contribution < 1.29 is 4.74 Å². The van der Waals surface area contributed by atoms with Crippen LogP contribution in [0.3, 0.4) is 0 Å². The number of halogens is 1. The van der Waals surface area contributed by atoms with E-state index in [0.29, 0.717) is 23.4 Å². The maximum atomic E-state index is 6.01. The summed E-state index contributed by atoms with van der Waals surface area (Å²) in [5, 5.41) is 7.64. The number of hydrogen-bond acceptors (Lipinski definition) is 4. The first-order chi connectivity index (χ1) is 8.61. The third kappa shape index (κ3) is 2.56. The summed E-state index contributed by atoms with van der Waals surface area (Å²) in [6, 6.07) is 5.44. The number of aromatic amines is 1. The highest BCUT2D eigenvalue weighted by atomic mass is 35.5. The summed E-state index contributed by atoms with van der Waals surface area (Å²) in [5.41, 5.74) is 0.810. The number of anilines is 1. The predicted molar refractivity (Wildman–Crippen MR) is 72.3 cm³/mol. The molecule has 0 radical (unpaired) electrons. The summed E-state index contributed by atoms with van der Waals surface area (Å²) >= 11 is 6.01. The third-order valence-corrected chi connectivity index (χ3v) is 2.61. The van der Waals surface area contributed by atoms with Crippen LogP contribution in [0.2, 0.25) is 5.02 Å². The summed E-state index contributed by atoms with van der Waals surface area (Å²) < 4.78 is 5.56. The first kappa shape index (κ1) is 12.7. The molecule has 18 heavy (non-hydrogen) atoms. The predicted octanol–water partition coefficient (Wildman–Crippen LogP) is 2.59. The molecule has 96 valence electrons. The van der Waals surface area contributed by atoms with Crippen molar-refractivity contribution >= 4 is 17.5 Å². The highest BCUT2D eigenvalue weighted by Crippen LogP contribution is 2.31. The van der Waals surface area contributed by atoms with Crippen LogP contribution in [0.1, 0.15) is 6.92 Å². The molecule has 0 atom stereocenters. The van der Waals surface area contributed by atoms with Gasteiger partial charge < -0.3 is 9.64 Å². The fourth-order valence-electron chi connectivity index (χ4n) is 1.54. The topological polar surface area (TPSA) is 54.0 Å². The smallest absolute Gasteiger partial charge is 0.244 e. The molecular weight excluding hydrogens is 252 g/mol. The van der Waals surface area contributed by atoms with Gasteiger partial charge in [0.1, 0.15) is 5.75 Å². The van der Waals surface area contributed by atoms with Crippen LogP contribution in [0.25, 0.3) is 11.4 Å². The van der Waals surface area contributed by atoms with E-state index >= 15 is 0 Å². The molecule has 0 bridgehead atoms. The Labute approximate surface area is 111 Å². The molecular formula is C12H15ClN4O. The number of H-pyrrole nitrogens is 1. The maximum absolute atomic E-state index is 6.01. The molecule has 2 rings (SSSR count). The van der Waals surface area contributed by atoms with Crippen LogP contribution in [-0.2, 0) is 0 Å². The minimum Gasteiger partial charge on any atom is -0.493 e. The van der Waals surface area contributed by atoms with Crippen LogP contribution in [0.4, 0.5) is 5.95 Å². The summed E-state index contributed by atoms with van der Waals surface area (Å²) in [5.74, 6) is 2.00. The average molecular weight is 267 g/mol. The van der Waals surface area contributed by atoms with E-state index < -0.39 is 0 Å². The second-order valence-electron chi connectivity index (χ2n) is 3.95. The molecule has 5 nitrogen and oxygen atoms in total. The van der Waals surface area contributed by atoms with Crippen molar-refractivity contribution in [2.24, 2.45) is 0 Å². The third-order valence-electron chi connectivity index (χ3n) is 2.37. The van der Waals surface area contributed by atoms with E-state index in [1.165, 1.54) is 0 Å². The molecule has 0 saturated carbocycles. The average Bonchev–Trinajstić information content (AvgIpc) is 2.81. The Morgan fingerprint density at radius 3 is 2.78 bits per heavy atom. The van der Waals surface area contributed by atoms with Gasteiger partial charge >= 0.3 is 0 Å². The number of nitrogens with one attached hydrogen (secondary N) is 1. The molecule has 0 amide bonds. The van der Waals surface area contributed by atoms with Crippen LogP contribution >= 0.6 is 11.6 Å². The first-order valence-corrected chi connectivity index (χ1v) is 6.02. The van der Waals surface area contributed by atoms with E-state index in [2.05, 4.69) is 15.2 Å². The monoisotopic (exact) mass is 266 g/mol. The Morgan fingerprint density at radius 2 is 2.17 bits per heavy atom. The number of nitrogens with zero attached hydrogens (tertiary/aromatic N) is 3. The quantitative estimate of drug-likeness (QED) is 0.924. The number of ether oxygens (including phenoxy) is 1. The van der Waals surface area contributed by atoms with Gasteiger partial charge in [0.2, 0.25) is 5.95 Å². The molecule has 0 unspecified atom stereocenters. The van der Waals surface area contributed by atoms with Crippen LogP contribution < -0.4 is 9.64 Å². The number of aromatic nitrogens is 3. The fourth-order valence-corrected chi connectivity index (χ4v) is 1.71. The highest BCUT2D eigenvalue weighted by molar-refractivity contribution is 6.30. The lowest BCUT2D eigenvalue weighted by Gasteiger charge is -2.08. The highest BCUT2D eigenvalue weighted by Gasteiger charge is 2.12. The van der Waals surface area contributed by atoms with Gasteiger partial charge in [-0.3, -0.25) is 5.10 Å². The largest absolute Gasteiger partial charge is 0.493 e. The molecule has 0 aliphatic heterocycles. The van der Waals surface area contributed by atoms with Gasteiger partial charge in [-0.2, -0.15) is 4.98 Å². The Hall–Kier alpha value is -1.75. The Morgan fingerprint density at radius 1 is 1.39 bits per heavy atom. The molecule has 2 aromatic rings. The molecule has 1 N–H and O–H groups in total. The summed E-state index contributed by atoms with van der Waals surface area (Å²) in [7, 11) is 3.77. The Bertz CT molecular complexity index is 539. The van der Waals surface area contributed by atoms with Gasteiger partial charge in [-0.05, 0) is 25.1 Å². The second-order valence-corrected chi connectivity index (χ2v) is 4.39. The van der Waals surface area contributed by atoms with Crippen molar-refractivity contribution in [3.63, 3.8) is 0 Å². The zero-order chi connectivity index (χ0) is 13.1. The minimum atomic E-state index is 0.587. The zero-order valence-electron chi connectivity index (χ0n) is 10.6. The van der Waals surface area contributed by atoms with Crippen LogP contribution in [0, 0.1) is 0 Å². The number of hydrogen-bond donors (Lipinski definition) is 1. The SMILES string of the molecule is CCOc1ccc(Cl)cc1-c1nc(N(C)C)n[nH]1. The van der Waals surface area contributed by atoms with Crippen molar-refractivity contribution in [3.05, 3.63) is 23.2 Å². The van der Waals surface area contributed by atoms with Gasteiger partial charge in [0.15, 0.2) is 5.82 Å². The fraction of sp³-hybridized carbons (Fsp3) is 0.333. The van der Waals surface area contributed by atoms with Crippen molar-refractivity contribution in [3.8, 4) is 17.1 Å². The van der Waals surface area contributed by atoms with E-state index in [-0.39, 0.29) is 0 Å². The van der Waals surface area contributed by atoms with Gasteiger partial charge in [0, 0.05) is 19.1 Å².